The van der Waals surface area contributed by atoms with Crippen LogP contribution in [0.2, 0.25) is 0 Å². The van der Waals surface area contributed by atoms with Gasteiger partial charge in [-0.1, -0.05) is 48.5 Å². The number of rotatable bonds is 12. The largest absolute Gasteiger partial charge is 0.494 e. The second-order valence-corrected chi connectivity index (χ2v) is 10.6. The second-order valence-electron chi connectivity index (χ2n) is 10.6. The molecule has 4 aromatic rings. The first-order valence-corrected chi connectivity index (χ1v) is 14.1. The number of hydrogen-bond donors (Lipinski definition) is 1. The molecule has 0 spiro atoms. The van der Waals surface area contributed by atoms with Gasteiger partial charge in [0, 0.05) is 23.2 Å². The summed E-state index contributed by atoms with van der Waals surface area (Å²) in [5, 5.41) is 3.24. The molecule has 0 amide bonds. The van der Waals surface area contributed by atoms with Crippen molar-refractivity contribution in [3.8, 4) is 16.9 Å². The molecule has 45 heavy (non-hydrogen) atoms. The SMILES string of the molecule is COc1cccc(-c2c(C)n(Cc3c(F)cccc3C(F)(F)F)c(=O)n(C[C@H](NCCCC(C)=O)c3ccccc3)c2=O)c1F. The van der Waals surface area contributed by atoms with Crippen LogP contribution in [0.5, 0.6) is 5.75 Å². The monoisotopic (exact) mass is 629 g/mol. The van der Waals surface area contributed by atoms with Crippen molar-refractivity contribution in [2.75, 3.05) is 13.7 Å². The topological polar surface area (TPSA) is 82.3 Å². The van der Waals surface area contributed by atoms with Crippen molar-refractivity contribution in [2.45, 2.75) is 52.0 Å². The molecule has 238 valence electrons. The van der Waals surface area contributed by atoms with Crippen molar-refractivity contribution in [2.24, 2.45) is 0 Å². The Hall–Kier alpha value is -4.58. The Kier molecular flexibility index (Phi) is 10.4. The van der Waals surface area contributed by atoms with Crippen molar-refractivity contribution < 1.29 is 31.5 Å². The molecular formula is C33H32F5N3O4. The van der Waals surface area contributed by atoms with Crippen molar-refractivity contribution in [1.29, 1.82) is 0 Å². The molecule has 0 bridgehead atoms. The molecule has 7 nitrogen and oxygen atoms in total. The Labute approximate surface area is 255 Å². The summed E-state index contributed by atoms with van der Waals surface area (Å²) in [5.74, 6) is -2.32. The van der Waals surface area contributed by atoms with Crippen molar-refractivity contribution in [3.05, 3.63) is 122 Å². The molecule has 0 aliphatic rings. The molecule has 0 unspecified atom stereocenters. The van der Waals surface area contributed by atoms with Crippen LogP contribution in [-0.4, -0.2) is 28.6 Å². The zero-order valence-corrected chi connectivity index (χ0v) is 24.9. The molecule has 12 heteroatoms. The summed E-state index contributed by atoms with van der Waals surface area (Å²) in [6.45, 7) is 1.92. The van der Waals surface area contributed by atoms with Crippen LogP contribution in [0, 0.1) is 18.6 Å². The van der Waals surface area contributed by atoms with Gasteiger partial charge in [-0.15, -0.1) is 0 Å². The minimum absolute atomic E-state index is 0.0120. The number of methoxy groups -OCH3 is 1. The van der Waals surface area contributed by atoms with E-state index in [1.54, 1.807) is 30.3 Å². The van der Waals surface area contributed by atoms with Crippen molar-refractivity contribution >= 4 is 5.78 Å². The molecule has 0 aliphatic carbocycles. The average molecular weight is 630 g/mol. The van der Waals surface area contributed by atoms with Crippen LogP contribution in [-0.2, 0) is 24.1 Å². The van der Waals surface area contributed by atoms with Gasteiger partial charge in [-0.2, -0.15) is 13.2 Å². The van der Waals surface area contributed by atoms with Crippen LogP contribution >= 0.6 is 0 Å². The molecule has 0 aliphatic heterocycles. The lowest BCUT2D eigenvalue weighted by Gasteiger charge is -2.24. The second kappa shape index (κ2) is 14.0. The van der Waals surface area contributed by atoms with E-state index in [2.05, 4.69) is 5.32 Å². The molecule has 0 saturated carbocycles. The highest BCUT2D eigenvalue weighted by molar-refractivity contribution is 5.75. The lowest BCUT2D eigenvalue weighted by Crippen LogP contribution is -2.45. The molecular weight excluding hydrogens is 597 g/mol. The van der Waals surface area contributed by atoms with Crippen molar-refractivity contribution in [1.82, 2.24) is 14.5 Å². The fourth-order valence-corrected chi connectivity index (χ4v) is 5.23. The number of Topliss-reactive ketones (excluding diaryl/α,β-unsaturated/α-hetero) is 1. The summed E-state index contributed by atoms with van der Waals surface area (Å²) >= 11 is 0. The third-order valence-electron chi connectivity index (χ3n) is 7.54. The molecule has 3 aromatic carbocycles. The summed E-state index contributed by atoms with van der Waals surface area (Å²) in [7, 11) is 1.23. The first kappa shape index (κ1) is 33.3. The van der Waals surface area contributed by atoms with Gasteiger partial charge in [-0.05, 0) is 50.6 Å². The Morgan fingerprint density at radius 3 is 2.29 bits per heavy atom. The molecule has 1 N–H and O–H groups in total. The van der Waals surface area contributed by atoms with Gasteiger partial charge in [0.15, 0.2) is 11.6 Å². The van der Waals surface area contributed by atoms with Gasteiger partial charge in [0.1, 0.15) is 11.6 Å². The number of ketones is 1. The Balaban J connectivity index is 1.95. The van der Waals surface area contributed by atoms with E-state index in [0.717, 1.165) is 21.3 Å². The predicted octanol–water partition coefficient (Wildman–Crippen LogP) is 6.04. The van der Waals surface area contributed by atoms with Crippen LogP contribution < -0.4 is 21.3 Å². The lowest BCUT2D eigenvalue weighted by molar-refractivity contribution is -0.138. The maximum Gasteiger partial charge on any atom is 0.416 e. The third kappa shape index (κ3) is 7.39. The van der Waals surface area contributed by atoms with Gasteiger partial charge >= 0.3 is 11.9 Å². The van der Waals surface area contributed by atoms with E-state index < -0.39 is 52.8 Å². The standard InChI is InChI=1S/C33H32F5N3O4/c1-20(42)10-9-17-39-27(22-11-5-4-6-12-22)19-41-31(43)29(23-13-7-16-28(45-3)30(23)35)21(2)40(32(41)44)18-24-25(33(36,37)38)14-8-15-26(24)34/h4-8,11-16,27,39H,9-10,17-19H2,1-3H3/t27-/m0/s1. The fraction of sp³-hybridized carbons (Fsp3) is 0.303. The number of alkyl halides is 3. The smallest absolute Gasteiger partial charge is 0.416 e. The predicted molar refractivity (Wildman–Crippen MR) is 159 cm³/mol. The molecule has 1 aromatic heterocycles. The van der Waals surface area contributed by atoms with E-state index in [1.165, 1.54) is 39.2 Å². The number of carbonyl (C=O) groups excluding carboxylic acids is 1. The van der Waals surface area contributed by atoms with Gasteiger partial charge in [-0.25, -0.2) is 13.6 Å². The Morgan fingerprint density at radius 2 is 1.64 bits per heavy atom. The van der Waals surface area contributed by atoms with Gasteiger partial charge in [0.2, 0.25) is 0 Å². The third-order valence-corrected chi connectivity index (χ3v) is 7.54. The van der Waals surface area contributed by atoms with Crippen molar-refractivity contribution in [3.63, 3.8) is 0 Å². The number of nitrogens with zero attached hydrogens (tertiary/aromatic N) is 2. The Morgan fingerprint density at radius 1 is 0.956 bits per heavy atom. The van der Waals surface area contributed by atoms with Crippen LogP contribution in [0.15, 0.2) is 76.3 Å². The number of ether oxygens (including phenoxy) is 1. The summed E-state index contributed by atoms with van der Waals surface area (Å²) < 4.78 is 79.0. The summed E-state index contributed by atoms with van der Waals surface area (Å²) in [5.41, 5.74) is -4.00. The zero-order valence-electron chi connectivity index (χ0n) is 24.9. The molecule has 0 radical (unpaired) electrons. The zero-order chi connectivity index (χ0) is 32.9. The number of carbonyl (C=O) groups is 1. The maximum absolute atomic E-state index is 15.6. The van der Waals surface area contributed by atoms with Crippen LogP contribution in [0.1, 0.15) is 48.2 Å². The highest BCUT2D eigenvalue weighted by Crippen LogP contribution is 2.34. The summed E-state index contributed by atoms with van der Waals surface area (Å²) in [4.78, 5) is 39.5. The molecule has 1 atom stereocenters. The minimum atomic E-state index is -4.94. The highest BCUT2D eigenvalue weighted by atomic mass is 19.4. The van der Waals surface area contributed by atoms with Gasteiger partial charge in [0.25, 0.3) is 5.56 Å². The number of halogens is 5. The first-order valence-electron chi connectivity index (χ1n) is 14.1. The average Bonchev–Trinajstić information content (AvgIpc) is 2.99. The molecule has 1 heterocycles. The Bertz CT molecular complexity index is 1800. The van der Waals surface area contributed by atoms with Crippen LogP contribution in [0.4, 0.5) is 22.0 Å². The molecule has 0 saturated heterocycles. The number of aromatic nitrogens is 2. The first-order chi connectivity index (χ1) is 21.3. The van der Waals surface area contributed by atoms with Gasteiger partial charge in [0.05, 0.1) is 37.4 Å². The van der Waals surface area contributed by atoms with Gasteiger partial charge < -0.3 is 14.8 Å². The van der Waals surface area contributed by atoms with E-state index in [9.17, 15) is 31.9 Å². The van der Waals surface area contributed by atoms with Crippen LogP contribution in [0.25, 0.3) is 11.1 Å². The fourth-order valence-electron chi connectivity index (χ4n) is 5.23. The van der Waals surface area contributed by atoms with Crippen LogP contribution in [0.3, 0.4) is 0 Å². The maximum atomic E-state index is 15.6. The van der Waals surface area contributed by atoms with E-state index in [0.29, 0.717) is 31.0 Å². The number of hydrogen-bond acceptors (Lipinski definition) is 5. The van der Waals surface area contributed by atoms with E-state index in [-0.39, 0.29) is 34.9 Å². The quantitative estimate of drug-likeness (QED) is 0.153. The number of nitrogens with one attached hydrogen (secondary N) is 1. The number of benzene rings is 3. The normalized spacial score (nSPS) is 12.3. The van der Waals surface area contributed by atoms with E-state index in [1.807, 2.05) is 0 Å². The summed E-state index contributed by atoms with van der Waals surface area (Å²) in [6.07, 6.45) is -4.16. The minimum Gasteiger partial charge on any atom is -0.494 e. The highest BCUT2D eigenvalue weighted by Gasteiger charge is 2.35. The van der Waals surface area contributed by atoms with Gasteiger partial charge in [-0.3, -0.25) is 13.9 Å². The summed E-state index contributed by atoms with van der Waals surface area (Å²) in [6, 6.07) is 14.7. The molecule has 0 fully saturated rings. The lowest BCUT2D eigenvalue weighted by atomic mass is 10.0. The van der Waals surface area contributed by atoms with E-state index in [4.69, 9.17) is 4.74 Å². The molecule has 4 rings (SSSR count). The van der Waals surface area contributed by atoms with E-state index >= 15 is 4.39 Å².